The Hall–Kier alpha value is -1.72. The number of rotatable bonds is 3. The van der Waals surface area contributed by atoms with Crippen LogP contribution in [0, 0.1) is 13.8 Å². The van der Waals surface area contributed by atoms with E-state index in [1.807, 2.05) is 19.9 Å². The Kier molecular flexibility index (Phi) is 5.32. The summed E-state index contributed by atoms with van der Waals surface area (Å²) in [6.07, 6.45) is 0. The van der Waals surface area contributed by atoms with Crippen LogP contribution < -0.4 is 11.1 Å². The van der Waals surface area contributed by atoms with E-state index >= 15 is 0 Å². The summed E-state index contributed by atoms with van der Waals surface area (Å²) in [5.74, 6) is 0.904. The summed E-state index contributed by atoms with van der Waals surface area (Å²) in [7, 11) is 0. The molecule has 1 fully saturated rings. The van der Waals surface area contributed by atoms with Gasteiger partial charge in [0.1, 0.15) is 5.69 Å². The predicted octanol–water partition coefficient (Wildman–Crippen LogP) is 1.60. The third-order valence-corrected chi connectivity index (χ3v) is 3.95. The average molecular weight is 301 g/mol. The Morgan fingerprint density at radius 2 is 2.23 bits per heavy atom. The summed E-state index contributed by atoms with van der Waals surface area (Å²) in [4.78, 5) is 11.7. The van der Waals surface area contributed by atoms with Crippen molar-refractivity contribution in [2.45, 2.75) is 39.8 Å². The van der Waals surface area contributed by atoms with Gasteiger partial charge in [-0.15, -0.1) is 0 Å². The lowest BCUT2D eigenvalue weighted by molar-refractivity contribution is 0.228. The van der Waals surface area contributed by atoms with E-state index in [1.165, 1.54) is 0 Å². The van der Waals surface area contributed by atoms with Crippen molar-refractivity contribution in [2.75, 3.05) is 19.6 Å². The van der Waals surface area contributed by atoms with E-state index in [0.717, 1.165) is 41.6 Å². The van der Waals surface area contributed by atoms with Crippen LogP contribution in [-0.4, -0.2) is 47.4 Å². The number of amidine groups is 1. The van der Waals surface area contributed by atoms with Crippen LogP contribution in [0.4, 0.5) is 0 Å². The predicted molar refractivity (Wildman–Crippen MR) is 92.1 cm³/mol. The van der Waals surface area contributed by atoms with Gasteiger partial charge in [0.25, 0.3) is 0 Å². The monoisotopic (exact) mass is 301 g/mol. The first-order valence-electron chi connectivity index (χ1n) is 7.81. The lowest BCUT2D eigenvalue weighted by Crippen LogP contribution is -2.59. The van der Waals surface area contributed by atoms with E-state index in [-0.39, 0.29) is 6.04 Å². The Morgan fingerprint density at radius 3 is 2.86 bits per heavy atom. The van der Waals surface area contributed by atoms with Gasteiger partial charge in [0.05, 0.1) is 0 Å². The number of pyridine rings is 1. The quantitative estimate of drug-likeness (QED) is 0.657. The molecular weight excluding hydrogens is 274 g/mol. The molecule has 2 atom stereocenters. The fraction of sp³-hybridized carbons (Fsp3) is 0.529. The second-order valence-corrected chi connectivity index (χ2v) is 6.13. The van der Waals surface area contributed by atoms with Gasteiger partial charge in [0.15, 0.2) is 5.84 Å². The van der Waals surface area contributed by atoms with Crippen molar-refractivity contribution < 1.29 is 0 Å². The van der Waals surface area contributed by atoms with Gasteiger partial charge in [0, 0.05) is 43.1 Å². The molecule has 0 aliphatic carbocycles. The van der Waals surface area contributed by atoms with Gasteiger partial charge in [-0.1, -0.05) is 12.6 Å². The number of hydrogen-bond acceptors (Lipinski definition) is 4. The maximum atomic E-state index is 5.84. The Balaban J connectivity index is 2.46. The summed E-state index contributed by atoms with van der Waals surface area (Å²) in [5, 5.41) is 3.47. The zero-order valence-corrected chi connectivity index (χ0v) is 14.1. The molecule has 0 saturated carbocycles. The molecule has 1 aliphatic rings. The second kappa shape index (κ2) is 7.03. The van der Waals surface area contributed by atoms with Crippen LogP contribution >= 0.6 is 0 Å². The Bertz CT molecular complexity index is 578. The van der Waals surface area contributed by atoms with Gasteiger partial charge in [-0.2, -0.15) is 0 Å². The van der Waals surface area contributed by atoms with Crippen LogP contribution in [0.2, 0.25) is 0 Å². The van der Waals surface area contributed by atoms with Crippen LogP contribution in [0.25, 0.3) is 0 Å². The van der Waals surface area contributed by atoms with Crippen LogP contribution in [0.5, 0.6) is 0 Å². The van der Waals surface area contributed by atoms with Crippen molar-refractivity contribution in [3.63, 3.8) is 0 Å². The van der Waals surface area contributed by atoms with E-state index in [9.17, 15) is 0 Å². The van der Waals surface area contributed by atoms with Crippen LogP contribution in [0.1, 0.15) is 30.8 Å². The summed E-state index contributed by atoms with van der Waals surface area (Å²) in [5.41, 5.74) is 9.68. The minimum atomic E-state index is 0.275. The smallest absolute Gasteiger partial charge is 0.155 e. The molecule has 0 amide bonds. The van der Waals surface area contributed by atoms with Crippen molar-refractivity contribution in [1.82, 2.24) is 15.2 Å². The van der Waals surface area contributed by atoms with Crippen molar-refractivity contribution in [2.24, 2.45) is 10.7 Å². The highest BCUT2D eigenvalue weighted by molar-refractivity contribution is 5.99. The van der Waals surface area contributed by atoms with Gasteiger partial charge in [-0.05, 0) is 39.3 Å². The summed E-state index contributed by atoms with van der Waals surface area (Å²) >= 11 is 0. The average Bonchev–Trinajstić information content (AvgIpc) is 2.48. The number of nitrogens with one attached hydrogen (secondary N) is 1. The van der Waals surface area contributed by atoms with Crippen molar-refractivity contribution >= 4 is 5.84 Å². The lowest BCUT2D eigenvalue weighted by Gasteiger charge is -2.40. The number of hydrogen-bond donors (Lipinski definition) is 2. The number of aromatic nitrogens is 1. The molecule has 3 N–H and O–H groups in total. The summed E-state index contributed by atoms with van der Waals surface area (Å²) in [6, 6.07) is 4.74. The van der Waals surface area contributed by atoms with E-state index in [1.54, 1.807) is 0 Å². The molecule has 1 unspecified atom stereocenters. The second-order valence-electron chi connectivity index (χ2n) is 6.13. The normalized spacial score (nSPS) is 22.8. The number of aliphatic imine (C=N–C) groups is 1. The van der Waals surface area contributed by atoms with E-state index in [0.29, 0.717) is 12.6 Å². The Labute approximate surface area is 133 Å². The first kappa shape index (κ1) is 16.6. The van der Waals surface area contributed by atoms with E-state index < -0.39 is 0 Å². The molecule has 2 heterocycles. The topological polar surface area (TPSA) is 66.5 Å². The molecule has 2 rings (SSSR count). The van der Waals surface area contributed by atoms with Gasteiger partial charge < -0.3 is 16.0 Å². The number of piperazine rings is 1. The minimum Gasteiger partial charge on any atom is -0.349 e. The largest absolute Gasteiger partial charge is 0.349 e. The zero-order chi connectivity index (χ0) is 16.3. The highest BCUT2D eigenvalue weighted by atomic mass is 15.3. The van der Waals surface area contributed by atoms with Crippen LogP contribution in [0.3, 0.4) is 0 Å². The molecule has 0 spiro atoms. The molecule has 1 aromatic heterocycles. The number of nitrogens with two attached hydrogens (primary N) is 1. The number of allylic oxidation sites excluding steroid dienone is 1. The van der Waals surface area contributed by atoms with Crippen molar-refractivity contribution in [1.29, 1.82) is 0 Å². The third-order valence-electron chi connectivity index (χ3n) is 3.95. The highest BCUT2D eigenvalue weighted by Crippen LogP contribution is 2.17. The standard InChI is InChI=1S/C17H27N5/c1-11(2)20-17(16-12(3)6-7-13(4)21-16)22-10-15(8-18)19-9-14(22)5/h6-7,14-15,19H,1,8-10,18H2,2-5H3/t14?,15-/m1/s1. The van der Waals surface area contributed by atoms with Gasteiger partial charge >= 0.3 is 0 Å². The molecule has 5 nitrogen and oxygen atoms in total. The molecule has 0 aromatic carbocycles. The molecule has 1 saturated heterocycles. The molecule has 0 bridgehead atoms. The maximum Gasteiger partial charge on any atom is 0.155 e. The van der Waals surface area contributed by atoms with E-state index in [4.69, 9.17) is 15.7 Å². The van der Waals surface area contributed by atoms with Gasteiger partial charge in [-0.3, -0.25) is 0 Å². The lowest BCUT2D eigenvalue weighted by atomic mass is 10.1. The highest BCUT2D eigenvalue weighted by Gasteiger charge is 2.28. The Morgan fingerprint density at radius 1 is 1.50 bits per heavy atom. The molecule has 120 valence electrons. The molecule has 0 radical (unpaired) electrons. The fourth-order valence-electron chi connectivity index (χ4n) is 2.67. The number of aryl methyl sites for hydroxylation is 2. The molecule has 1 aliphatic heterocycles. The first-order valence-corrected chi connectivity index (χ1v) is 7.81. The maximum absolute atomic E-state index is 5.84. The summed E-state index contributed by atoms with van der Waals surface area (Å²) in [6.45, 7) is 14.5. The van der Waals surface area contributed by atoms with Crippen LogP contribution in [-0.2, 0) is 0 Å². The van der Waals surface area contributed by atoms with Gasteiger partial charge in [0.2, 0.25) is 0 Å². The van der Waals surface area contributed by atoms with Crippen molar-refractivity contribution in [3.05, 3.63) is 41.4 Å². The summed E-state index contributed by atoms with van der Waals surface area (Å²) < 4.78 is 0. The third kappa shape index (κ3) is 3.72. The molecule has 22 heavy (non-hydrogen) atoms. The molecule has 1 aromatic rings. The first-order chi connectivity index (χ1) is 10.4. The fourth-order valence-corrected chi connectivity index (χ4v) is 2.67. The minimum absolute atomic E-state index is 0.275. The molecule has 5 heteroatoms. The SMILES string of the molecule is C=C(C)N=C(c1nc(C)ccc1C)N1C[C@@H](CN)NCC1C. The van der Waals surface area contributed by atoms with Crippen molar-refractivity contribution in [3.8, 4) is 0 Å². The zero-order valence-electron chi connectivity index (χ0n) is 14.1. The van der Waals surface area contributed by atoms with Gasteiger partial charge in [-0.25, -0.2) is 9.98 Å². The van der Waals surface area contributed by atoms with Crippen LogP contribution in [0.15, 0.2) is 29.4 Å². The molecular formula is C17H27N5. The number of nitrogens with zero attached hydrogens (tertiary/aromatic N) is 3. The van der Waals surface area contributed by atoms with E-state index in [2.05, 4.69) is 36.7 Å².